The van der Waals surface area contributed by atoms with Gasteiger partial charge in [-0.25, -0.2) is 4.79 Å². The summed E-state index contributed by atoms with van der Waals surface area (Å²) in [4.78, 5) is 25.8. The van der Waals surface area contributed by atoms with Crippen LogP contribution in [0, 0.1) is 0 Å². The molecule has 4 aromatic rings. The number of amides is 1. The van der Waals surface area contributed by atoms with Crippen LogP contribution in [0.2, 0.25) is 0 Å². The van der Waals surface area contributed by atoms with Gasteiger partial charge in [-0.1, -0.05) is 18.2 Å². The highest BCUT2D eigenvalue weighted by atomic mass is 19.4. The number of anilines is 1. The quantitative estimate of drug-likeness (QED) is 0.341. The second-order valence-corrected chi connectivity index (χ2v) is 8.92. The summed E-state index contributed by atoms with van der Waals surface area (Å²) in [7, 11) is 1.65. The molecule has 0 saturated heterocycles. The molecular weight excluding hydrogens is 501 g/mol. The maximum absolute atomic E-state index is 12.9. The molecule has 6 rings (SSSR count). The topological polar surface area (TPSA) is 117 Å². The molecule has 1 fully saturated rings. The van der Waals surface area contributed by atoms with E-state index in [1.54, 1.807) is 19.5 Å². The molecular formula is C27H21F3N4O4. The summed E-state index contributed by atoms with van der Waals surface area (Å²) in [5.74, 6) is -1.77. The van der Waals surface area contributed by atoms with Gasteiger partial charge in [0, 0.05) is 29.4 Å². The van der Waals surface area contributed by atoms with Crippen molar-refractivity contribution in [3.63, 3.8) is 0 Å². The number of carboxylic acid groups (broad SMARTS) is 1. The maximum Gasteiger partial charge on any atom is 0.490 e. The number of aromatic amines is 1. The Morgan fingerprint density at radius 2 is 1.87 bits per heavy atom. The number of nitrogens with one attached hydrogen (secondary N) is 2. The molecule has 1 spiro atoms. The lowest BCUT2D eigenvalue weighted by Gasteiger charge is -2.10. The van der Waals surface area contributed by atoms with E-state index in [0.29, 0.717) is 0 Å². The van der Waals surface area contributed by atoms with Crippen molar-refractivity contribution in [2.24, 2.45) is 0 Å². The third kappa shape index (κ3) is 4.47. The number of carbonyl (C=O) groups is 2. The fourth-order valence-corrected chi connectivity index (χ4v) is 4.75. The Morgan fingerprint density at radius 3 is 2.55 bits per heavy atom. The molecule has 1 saturated carbocycles. The number of rotatable bonds is 4. The number of hydrogen-bond donors (Lipinski definition) is 3. The Morgan fingerprint density at radius 1 is 1.13 bits per heavy atom. The second kappa shape index (κ2) is 9.33. The molecule has 194 valence electrons. The molecule has 0 unspecified atom stereocenters. The van der Waals surface area contributed by atoms with Crippen molar-refractivity contribution >= 4 is 40.6 Å². The number of hydrogen-bond acceptors (Lipinski definition) is 5. The monoisotopic (exact) mass is 522 g/mol. The van der Waals surface area contributed by atoms with Crippen molar-refractivity contribution in [2.75, 3.05) is 12.4 Å². The van der Waals surface area contributed by atoms with Crippen molar-refractivity contribution in [1.29, 1.82) is 0 Å². The summed E-state index contributed by atoms with van der Waals surface area (Å²) >= 11 is 0. The van der Waals surface area contributed by atoms with Gasteiger partial charge in [0.05, 0.1) is 23.7 Å². The minimum absolute atomic E-state index is 0.0754. The van der Waals surface area contributed by atoms with Crippen molar-refractivity contribution in [2.45, 2.75) is 23.9 Å². The summed E-state index contributed by atoms with van der Waals surface area (Å²) in [6, 6.07) is 16.0. The van der Waals surface area contributed by atoms with Gasteiger partial charge in [0.2, 0.25) is 5.91 Å². The van der Waals surface area contributed by atoms with Crippen molar-refractivity contribution in [1.82, 2.24) is 15.2 Å². The number of ether oxygens (including phenoxy) is 1. The van der Waals surface area contributed by atoms with Crippen LogP contribution in [0.3, 0.4) is 0 Å². The molecule has 1 aliphatic heterocycles. The largest absolute Gasteiger partial charge is 0.497 e. The Kier molecular flexibility index (Phi) is 6.14. The number of pyridine rings is 1. The van der Waals surface area contributed by atoms with Crippen LogP contribution in [0.15, 0.2) is 60.9 Å². The van der Waals surface area contributed by atoms with Crippen LogP contribution in [0.1, 0.15) is 34.7 Å². The molecule has 3 N–H and O–H groups in total. The normalized spacial score (nSPS) is 19.7. The van der Waals surface area contributed by atoms with Gasteiger partial charge in [0.25, 0.3) is 0 Å². The Bertz CT molecular complexity index is 1570. The molecule has 2 atom stereocenters. The predicted octanol–water partition coefficient (Wildman–Crippen LogP) is 5.15. The summed E-state index contributed by atoms with van der Waals surface area (Å²) in [6.07, 6.45) is 3.28. The van der Waals surface area contributed by atoms with Gasteiger partial charge >= 0.3 is 12.1 Å². The van der Waals surface area contributed by atoms with Crippen LogP contribution in [-0.2, 0) is 15.0 Å². The van der Waals surface area contributed by atoms with E-state index in [2.05, 4.69) is 38.7 Å². The number of nitrogens with zero attached hydrogens (tertiary/aromatic N) is 2. The summed E-state index contributed by atoms with van der Waals surface area (Å²) < 4.78 is 37.1. The van der Waals surface area contributed by atoms with Gasteiger partial charge in [0.1, 0.15) is 5.75 Å². The van der Waals surface area contributed by atoms with E-state index in [-0.39, 0.29) is 11.8 Å². The smallest absolute Gasteiger partial charge is 0.490 e. The van der Waals surface area contributed by atoms with Crippen LogP contribution < -0.4 is 10.1 Å². The number of halogens is 3. The molecule has 3 heterocycles. The molecule has 1 amide bonds. The summed E-state index contributed by atoms with van der Waals surface area (Å²) in [6.45, 7) is 0. The highest BCUT2D eigenvalue weighted by Gasteiger charge is 2.65. The van der Waals surface area contributed by atoms with Crippen molar-refractivity contribution < 1.29 is 32.6 Å². The van der Waals surface area contributed by atoms with Crippen LogP contribution in [0.4, 0.5) is 18.9 Å². The number of carboxylic acids is 1. The number of carbonyl (C=O) groups excluding carboxylic acids is 1. The third-order valence-electron chi connectivity index (χ3n) is 6.72. The minimum Gasteiger partial charge on any atom is -0.497 e. The lowest BCUT2D eigenvalue weighted by Crippen LogP contribution is -2.21. The van der Waals surface area contributed by atoms with Gasteiger partial charge in [0.15, 0.2) is 0 Å². The Labute approximate surface area is 214 Å². The van der Waals surface area contributed by atoms with Crippen LogP contribution in [0.25, 0.3) is 23.1 Å². The van der Waals surface area contributed by atoms with Crippen LogP contribution in [-0.4, -0.2) is 45.5 Å². The number of methoxy groups -OCH3 is 1. The SMILES string of the molecule is COc1ccc2c(c1)[C@]1(C[C@H]1c1ccc3c(C=Cc4ccncc4)n[nH]c3c1)C(=O)N2.O=C(O)C(F)(F)F. The lowest BCUT2D eigenvalue weighted by molar-refractivity contribution is -0.192. The number of aromatic nitrogens is 3. The highest BCUT2D eigenvalue weighted by molar-refractivity contribution is 6.10. The number of fused-ring (bicyclic) bond motifs is 3. The van der Waals surface area contributed by atoms with E-state index in [4.69, 9.17) is 14.6 Å². The standard InChI is InChI=1S/C25H20N4O2.C2HF3O2/c1-31-17-4-7-22-19(13-17)25(24(30)27-22)14-20(25)16-3-5-18-21(28-29-23(18)12-16)6-2-15-8-10-26-11-9-15;3-2(4,5)1(6)7/h2-13,20H,14H2,1H3,(H,27,30)(H,28,29);(H,6,7)/t20-,25-;/m0./s1. The number of H-pyrrole nitrogens is 1. The van der Waals surface area contributed by atoms with E-state index < -0.39 is 17.6 Å². The first-order valence-electron chi connectivity index (χ1n) is 11.5. The zero-order valence-corrected chi connectivity index (χ0v) is 19.9. The first-order chi connectivity index (χ1) is 18.1. The Balaban J connectivity index is 0.000000374. The number of benzene rings is 2. The predicted molar refractivity (Wildman–Crippen MR) is 134 cm³/mol. The molecule has 2 aliphatic rings. The first kappa shape index (κ1) is 25.0. The van der Waals surface area contributed by atoms with Gasteiger partial charge in [-0.05, 0) is 65.6 Å². The summed E-state index contributed by atoms with van der Waals surface area (Å²) in [5, 5.41) is 18.8. The number of aliphatic carboxylic acids is 1. The third-order valence-corrected chi connectivity index (χ3v) is 6.72. The number of alkyl halides is 3. The van der Waals surface area contributed by atoms with Crippen LogP contribution in [0.5, 0.6) is 5.75 Å². The van der Waals surface area contributed by atoms with E-state index in [1.165, 1.54) is 0 Å². The van der Waals surface area contributed by atoms with E-state index in [0.717, 1.165) is 51.1 Å². The fourth-order valence-electron chi connectivity index (χ4n) is 4.75. The average Bonchev–Trinajstić information content (AvgIpc) is 3.44. The summed E-state index contributed by atoms with van der Waals surface area (Å²) in [5.41, 5.74) is 5.50. The zero-order valence-electron chi connectivity index (χ0n) is 19.9. The zero-order chi connectivity index (χ0) is 27.1. The maximum atomic E-state index is 12.9. The highest BCUT2D eigenvalue weighted by Crippen LogP contribution is 2.65. The van der Waals surface area contributed by atoms with Gasteiger partial charge < -0.3 is 15.2 Å². The van der Waals surface area contributed by atoms with Gasteiger partial charge in [-0.3, -0.25) is 14.9 Å². The lowest BCUT2D eigenvalue weighted by atomic mass is 9.91. The second-order valence-electron chi connectivity index (χ2n) is 8.92. The molecule has 2 aromatic carbocycles. The van der Waals surface area contributed by atoms with Gasteiger partial charge in [-0.15, -0.1) is 0 Å². The van der Waals surface area contributed by atoms with Crippen LogP contribution >= 0.6 is 0 Å². The Hall–Kier alpha value is -4.67. The molecule has 38 heavy (non-hydrogen) atoms. The van der Waals surface area contributed by atoms with Crippen molar-refractivity contribution in [3.05, 3.63) is 83.3 Å². The van der Waals surface area contributed by atoms with Gasteiger partial charge in [-0.2, -0.15) is 18.3 Å². The van der Waals surface area contributed by atoms with E-state index in [9.17, 15) is 18.0 Å². The molecule has 2 aromatic heterocycles. The van der Waals surface area contributed by atoms with E-state index >= 15 is 0 Å². The molecule has 8 nitrogen and oxygen atoms in total. The molecule has 11 heteroatoms. The average molecular weight is 522 g/mol. The van der Waals surface area contributed by atoms with E-state index in [1.807, 2.05) is 42.5 Å². The molecule has 1 aliphatic carbocycles. The molecule has 0 radical (unpaired) electrons. The first-order valence-corrected chi connectivity index (χ1v) is 11.5. The van der Waals surface area contributed by atoms with Crippen molar-refractivity contribution in [3.8, 4) is 5.75 Å². The molecule has 0 bridgehead atoms. The fraction of sp³-hybridized carbons (Fsp3) is 0.185. The minimum atomic E-state index is -5.08.